The number of para-hydroxylation sites is 1. The van der Waals surface area contributed by atoms with Gasteiger partial charge in [0, 0.05) is 36.3 Å². The lowest BCUT2D eigenvalue weighted by Crippen LogP contribution is -2.45. The molecular formula is C23H26N2O2. The van der Waals surface area contributed by atoms with Gasteiger partial charge < -0.3 is 14.6 Å². The molecule has 0 spiro atoms. The van der Waals surface area contributed by atoms with Crippen molar-refractivity contribution in [3.63, 3.8) is 0 Å². The SMILES string of the molecule is CC1(C)CC(NC(=O)c2cn(Cc3ccccc3)c3ccccc23)CCO1. The van der Waals surface area contributed by atoms with E-state index in [2.05, 4.69) is 41.9 Å². The predicted molar refractivity (Wildman–Crippen MR) is 108 cm³/mol. The van der Waals surface area contributed by atoms with Crippen LogP contribution in [0.2, 0.25) is 0 Å². The van der Waals surface area contributed by atoms with E-state index in [-0.39, 0.29) is 17.6 Å². The van der Waals surface area contributed by atoms with Crippen LogP contribution in [0.15, 0.2) is 60.8 Å². The van der Waals surface area contributed by atoms with E-state index in [4.69, 9.17) is 4.74 Å². The molecule has 27 heavy (non-hydrogen) atoms. The number of aromatic nitrogens is 1. The van der Waals surface area contributed by atoms with E-state index in [1.165, 1.54) is 5.56 Å². The minimum atomic E-state index is -0.183. The highest BCUT2D eigenvalue weighted by Crippen LogP contribution is 2.26. The fourth-order valence-electron chi connectivity index (χ4n) is 3.96. The molecule has 1 unspecified atom stereocenters. The highest BCUT2D eigenvalue weighted by molar-refractivity contribution is 6.07. The summed E-state index contributed by atoms with van der Waals surface area (Å²) in [6.07, 6.45) is 3.68. The fourth-order valence-corrected chi connectivity index (χ4v) is 3.96. The molecule has 0 bridgehead atoms. The van der Waals surface area contributed by atoms with E-state index in [1.807, 2.05) is 42.6 Å². The minimum absolute atomic E-state index is 0.000659. The number of carbonyl (C=O) groups is 1. The summed E-state index contributed by atoms with van der Waals surface area (Å²) in [5.41, 5.74) is 2.86. The van der Waals surface area contributed by atoms with E-state index >= 15 is 0 Å². The van der Waals surface area contributed by atoms with E-state index in [0.717, 1.165) is 35.9 Å². The number of rotatable bonds is 4. The van der Waals surface area contributed by atoms with Gasteiger partial charge in [0.1, 0.15) is 0 Å². The van der Waals surface area contributed by atoms with E-state index in [1.54, 1.807) is 0 Å². The molecule has 0 saturated carbocycles. The van der Waals surface area contributed by atoms with Crippen LogP contribution in [0, 0.1) is 0 Å². The average Bonchev–Trinajstić information content (AvgIpc) is 3.01. The van der Waals surface area contributed by atoms with Gasteiger partial charge in [0.05, 0.1) is 11.2 Å². The predicted octanol–water partition coefficient (Wildman–Crippen LogP) is 4.38. The summed E-state index contributed by atoms with van der Waals surface area (Å²) in [5, 5.41) is 4.23. The van der Waals surface area contributed by atoms with Gasteiger partial charge in [0.25, 0.3) is 5.91 Å². The summed E-state index contributed by atoms with van der Waals surface area (Å²) in [4.78, 5) is 13.0. The zero-order valence-corrected chi connectivity index (χ0v) is 15.9. The normalized spacial score (nSPS) is 19.1. The molecule has 0 aliphatic carbocycles. The fraction of sp³-hybridized carbons (Fsp3) is 0.348. The van der Waals surface area contributed by atoms with Crippen LogP contribution in [0.4, 0.5) is 0 Å². The van der Waals surface area contributed by atoms with Crippen molar-refractivity contribution >= 4 is 16.8 Å². The Labute approximate surface area is 160 Å². The minimum Gasteiger partial charge on any atom is -0.375 e. The Morgan fingerprint density at radius 2 is 1.89 bits per heavy atom. The first kappa shape index (κ1) is 17.8. The first-order valence-corrected chi connectivity index (χ1v) is 9.58. The van der Waals surface area contributed by atoms with Gasteiger partial charge in [-0.1, -0.05) is 48.5 Å². The lowest BCUT2D eigenvalue weighted by Gasteiger charge is -2.35. The quantitative estimate of drug-likeness (QED) is 0.749. The van der Waals surface area contributed by atoms with Gasteiger partial charge in [-0.05, 0) is 38.3 Å². The molecular weight excluding hydrogens is 336 g/mol. The number of hydrogen-bond acceptors (Lipinski definition) is 2. The lowest BCUT2D eigenvalue weighted by atomic mass is 9.94. The average molecular weight is 362 g/mol. The molecule has 1 amide bonds. The Balaban J connectivity index is 1.61. The third kappa shape index (κ3) is 3.91. The highest BCUT2D eigenvalue weighted by Gasteiger charge is 2.30. The summed E-state index contributed by atoms with van der Waals surface area (Å²) >= 11 is 0. The number of nitrogens with zero attached hydrogens (tertiary/aromatic N) is 1. The van der Waals surface area contributed by atoms with Crippen molar-refractivity contribution in [2.24, 2.45) is 0 Å². The lowest BCUT2D eigenvalue weighted by molar-refractivity contribution is -0.0615. The van der Waals surface area contributed by atoms with Gasteiger partial charge in [-0.15, -0.1) is 0 Å². The van der Waals surface area contributed by atoms with Gasteiger partial charge in [-0.25, -0.2) is 0 Å². The molecule has 1 fully saturated rings. The van der Waals surface area contributed by atoms with Crippen molar-refractivity contribution in [2.75, 3.05) is 6.61 Å². The second-order valence-electron chi connectivity index (χ2n) is 7.94. The van der Waals surface area contributed by atoms with Gasteiger partial charge >= 0.3 is 0 Å². The number of carbonyl (C=O) groups excluding carboxylic acids is 1. The maximum absolute atomic E-state index is 13.0. The highest BCUT2D eigenvalue weighted by atomic mass is 16.5. The van der Waals surface area contributed by atoms with Gasteiger partial charge in [-0.2, -0.15) is 0 Å². The smallest absolute Gasteiger partial charge is 0.253 e. The molecule has 1 aliphatic rings. The van der Waals surface area contributed by atoms with Gasteiger partial charge in [-0.3, -0.25) is 4.79 Å². The van der Waals surface area contributed by atoms with Gasteiger partial charge in [0.15, 0.2) is 0 Å². The zero-order chi connectivity index (χ0) is 18.9. The third-order valence-electron chi connectivity index (χ3n) is 5.26. The third-order valence-corrected chi connectivity index (χ3v) is 5.26. The van der Waals surface area contributed by atoms with Crippen molar-refractivity contribution in [1.82, 2.24) is 9.88 Å². The van der Waals surface area contributed by atoms with E-state index in [0.29, 0.717) is 6.61 Å². The molecule has 1 aliphatic heterocycles. The topological polar surface area (TPSA) is 43.3 Å². The van der Waals surface area contributed by atoms with Crippen LogP contribution in [0.25, 0.3) is 10.9 Å². The Kier molecular flexibility index (Phi) is 4.75. The molecule has 1 N–H and O–H groups in total. The van der Waals surface area contributed by atoms with Crippen molar-refractivity contribution in [1.29, 1.82) is 0 Å². The Hall–Kier alpha value is -2.59. The molecule has 4 rings (SSSR count). The maximum Gasteiger partial charge on any atom is 0.253 e. The Morgan fingerprint density at radius 1 is 1.15 bits per heavy atom. The molecule has 1 aromatic heterocycles. The molecule has 140 valence electrons. The molecule has 0 radical (unpaired) electrons. The molecule has 1 atom stereocenters. The first-order chi connectivity index (χ1) is 13.0. The number of benzene rings is 2. The van der Waals surface area contributed by atoms with Crippen LogP contribution < -0.4 is 5.32 Å². The van der Waals surface area contributed by atoms with Crippen LogP contribution in [0.1, 0.15) is 42.6 Å². The molecule has 3 aromatic rings. The van der Waals surface area contributed by atoms with Crippen molar-refractivity contribution in [3.05, 3.63) is 71.9 Å². The molecule has 4 heteroatoms. The number of ether oxygens (including phenoxy) is 1. The first-order valence-electron chi connectivity index (χ1n) is 9.58. The second kappa shape index (κ2) is 7.20. The molecule has 2 heterocycles. The van der Waals surface area contributed by atoms with Gasteiger partial charge in [0.2, 0.25) is 0 Å². The van der Waals surface area contributed by atoms with Crippen molar-refractivity contribution in [2.45, 2.75) is 44.9 Å². The number of amides is 1. The second-order valence-corrected chi connectivity index (χ2v) is 7.94. The molecule has 1 saturated heterocycles. The summed E-state index contributed by atoms with van der Waals surface area (Å²) in [6, 6.07) is 18.6. The standard InChI is InChI=1S/C23H26N2O2/c1-23(2)14-18(12-13-27-23)24-22(26)20-16-25(15-17-8-4-3-5-9-17)21-11-7-6-10-19(20)21/h3-11,16,18H,12-15H2,1-2H3,(H,24,26). The summed E-state index contributed by atoms with van der Waals surface area (Å²) in [6.45, 7) is 5.60. The Bertz CT molecular complexity index is 943. The zero-order valence-electron chi connectivity index (χ0n) is 15.9. The summed E-state index contributed by atoms with van der Waals surface area (Å²) in [7, 11) is 0. The largest absolute Gasteiger partial charge is 0.375 e. The van der Waals surface area contributed by atoms with Crippen molar-refractivity contribution < 1.29 is 9.53 Å². The van der Waals surface area contributed by atoms with Crippen molar-refractivity contribution in [3.8, 4) is 0 Å². The van der Waals surface area contributed by atoms with Crippen LogP contribution in [0.3, 0.4) is 0 Å². The van der Waals surface area contributed by atoms with Crippen LogP contribution in [-0.2, 0) is 11.3 Å². The van der Waals surface area contributed by atoms with E-state index < -0.39 is 0 Å². The molecule has 4 nitrogen and oxygen atoms in total. The maximum atomic E-state index is 13.0. The summed E-state index contributed by atoms with van der Waals surface area (Å²) in [5.74, 6) is 0.000659. The number of nitrogens with one attached hydrogen (secondary N) is 1. The van der Waals surface area contributed by atoms with Crippen LogP contribution in [-0.4, -0.2) is 28.7 Å². The van der Waals surface area contributed by atoms with Crippen LogP contribution in [0.5, 0.6) is 0 Å². The van der Waals surface area contributed by atoms with Crippen LogP contribution >= 0.6 is 0 Å². The summed E-state index contributed by atoms with van der Waals surface area (Å²) < 4.78 is 7.93. The number of hydrogen-bond donors (Lipinski definition) is 1. The Morgan fingerprint density at radius 3 is 2.67 bits per heavy atom. The molecule has 2 aromatic carbocycles. The monoisotopic (exact) mass is 362 g/mol. The van der Waals surface area contributed by atoms with E-state index in [9.17, 15) is 4.79 Å². The number of fused-ring (bicyclic) bond motifs is 1.